The standard InChI is InChI=1S/C21H20FN3O7/c22-32-18-17(28)16(10-26)31-20(18)25-9-15(19(29)23-21(25)30)24(11-27)8-13-6-3-5-12-4-1-2-7-14(12)13/h1-7,9,11,16-18,20,26,28H,8,10H2,(H,23,29,30)/t16-,17+,18-,20-/m1/s1. The van der Waals surface area contributed by atoms with E-state index in [9.17, 15) is 29.1 Å². The number of aliphatic hydroxyl groups is 2. The van der Waals surface area contributed by atoms with Crippen molar-refractivity contribution in [3.63, 3.8) is 0 Å². The summed E-state index contributed by atoms with van der Waals surface area (Å²) in [5.74, 6) is 0. The molecule has 0 radical (unpaired) electrons. The highest BCUT2D eigenvalue weighted by atomic mass is 19.3. The molecule has 1 aliphatic rings. The van der Waals surface area contributed by atoms with E-state index in [2.05, 4.69) is 9.93 Å². The fraction of sp³-hybridized carbons (Fsp3) is 0.286. The van der Waals surface area contributed by atoms with Crippen LogP contribution in [0.25, 0.3) is 10.8 Å². The van der Waals surface area contributed by atoms with Gasteiger partial charge < -0.3 is 19.8 Å². The minimum Gasteiger partial charge on any atom is -0.394 e. The summed E-state index contributed by atoms with van der Waals surface area (Å²) in [6, 6.07) is 13.1. The van der Waals surface area contributed by atoms with Crippen molar-refractivity contribution in [2.75, 3.05) is 11.5 Å². The number of aromatic nitrogens is 2. The SMILES string of the molecule is O=CN(Cc1cccc2ccccc12)c1cn([C@@H]2O[C@H](CO)[C@H](O)[C@H]2OF)c(=O)[nH]c1=O. The molecular formula is C21H20FN3O7. The van der Waals surface area contributed by atoms with Crippen molar-refractivity contribution >= 4 is 22.9 Å². The van der Waals surface area contributed by atoms with Gasteiger partial charge in [0.15, 0.2) is 12.3 Å². The number of benzene rings is 2. The van der Waals surface area contributed by atoms with E-state index in [-0.39, 0.29) is 12.2 Å². The predicted molar refractivity (Wildman–Crippen MR) is 111 cm³/mol. The maximum Gasteiger partial charge on any atom is 0.330 e. The molecule has 2 heterocycles. The van der Waals surface area contributed by atoms with E-state index >= 15 is 0 Å². The smallest absolute Gasteiger partial charge is 0.330 e. The highest BCUT2D eigenvalue weighted by molar-refractivity contribution is 5.87. The molecular weight excluding hydrogens is 425 g/mol. The minimum absolute atomic E-state index is 0.0165. The quantitative estimate of drug-likeness (QED) is 0.448. The van der Waals surface area contributed by atoms with Crippen LogP contribution in [0.5, 0.6) is 0 Å². The van der Waals surface area contributed by atoms with Gasteiger partial charge in [-0.1, -0.05) is 42.5 Å². The lowest BCUT2D eigenvalue weighted by Gasteiger charge is -2.22. The Morgan fingerprint density at radius 3 is 2.69 bits per heavy atom. The van der Waals surface area contributed by atoms with Crippen LogP contribution in [-0.4, -0.2) is 51.1 Å². The van der Waals surface area contributed by atoms with Gasteiger partial charge in [-0.05, 0) is 20.9 Å². The van der Waals surface area contributed by atoms with Gasteiger partial charge in [-0.15, -0.1) is 0 Å². The van der Waals surface area contributed by atoms with Gasteiger partial charge in [-0.3, -0.25) is 19.1 Å². The lowest BCUT2D eigenvalue weighted by atomic mass is 10.0. The van der Waals surface area contributed by atoms with Crippen LogP contribution < -0.4 is 16.1 Å². The zero-order valence-electron chi connectivity index (χ0n) is 16.6. The lowest BCUT2D eigenvalue weighted by molar-refractivity contribution is -0.221. The third-order valence-corrected chi connectivity index (χ3v) is 5.48. The monoisotopic (exact) mass is 445 g/mol. The molecule has 2 aromatic carbocycles. The Kier molecular flexibility index (Phi) is 6.15. The highest BCUT2D eigenvalue weighted by Crippen LogP contribution is 2.31. The molecule has 4 atom stereocenters. The van der Waals surface area contributed by atoms with Gasteiger partial charge in [0.1, 0.15) is 17.9 Å². The van der Waals surface area contributed by atoms with Crippen molar-refractivity contribution in [2.24, 2.45) is 0 Å². The third-order valence-electron chi connectivity index (χ3n) is 5.48. The average molecular weight is 445 g/mol. The number of aliphatic hydroxyl groups excluding tert-OH is 2. The highest BCUT2D eigenvalue weighted by Gasteiger charge is 2.47. The Labute approximate surface area is 179 Å². The molecule has 1 fully saturated rings. The van der Waals surface area contributed by atoms with Crippen LogP contribution in [0.2, 0.25) is 0 Å². The summed E-state index contributed by atoms with van der Waals surface area (Å²) in [5.41, 5.74) is -1.25. The van der Waals surface area contributed by atoms with Crippen LogP contribution in [-0.2, 0) is 21.0 Å². The topological polar surface area (TPSA) is 134 Å². The van der Waals surface area contributed by atoms with E-state index in [1.807, 2.05) is 36.4 Å². The van der Waals surface area contributed by atoms with Crippen LogP contribution >= 0.6 is 0 Å². The molecule has 3 N–H and O–H groups in total. The molecule has 168 valence electrons. The van der Waals surface area contributed by atoms with E-state index < -0.39 is 42.4 Å². The number of carbonyl (C=O) groups excluding carboxylic acids is 1. The number of aromatic amines is 1. The molecule has 4 rings (SSSR count). The third kappa shape index (κ3) is 3.82. The number of hydrogen-bond donors (Lipinski definition) is 3. The second kappa shape index (κ2) is 9.01. The number of nitrogens with zero attached hydrogens (tertiary/aromatic N) is 2. The van der Waals surface area contributed by atoms with Crippen molar-refractivity contribution in [3.8, 4) is 0 Å². The Morgan fingerprint density at radius 1 is 1.22 bits per heavy atom. The zero-order chi connectivity index (χ0) is 22.8. The zero-order valence-corrected chi connectivity index (χ0v) is 16.6. The number of rotatable bonds is 7. The molecule has 1 aromatic heterocycles. The summed E-state index contributed by atoms with van der Waals surface area (Å²) in [6.07, 6.45) is -4.42. The minimum atomic E-state index is -1.63. The molecule has 0 aliphatic carbocycles. The number of amides is 1. The molecule has 1 amide bonds. The van der Waals surface area contributed by atoms with Crippen molar-refractivity contribution < 1.29 is 29.2 Å². The Bertz CT molecular complexity index is 1240. The van der Waals surface area contributed by atoms with Crippen LogP contribution in [0.4, 0.5) is 10.2 Å². The van der Waals surface area contributed by atoms with Crippen molar-refractivity contribution in [3.05, 3.63) is 75.1 Å². The second-order valence-electron chi connectivity index (χ2n) is 7.34. The molecule has 0 spiro atoms. The number of carbonyl (C=O) groups is 1. The summed E-state index contributed by atoms with van der Waals surface area (Å²) in [4.78, 5) is 43.7. The first kappa shape index (κ1) is 21.8. The molecule has 32 heavy (non-hydrogen) atoms. The number of ether oxygens (including phenoxy) is 1. The van der Waals surface area contributed by atoms with Crippen LogP contribution in [0.3, 0.4) is 0 Å². The largest absolute Gasteiger partial charge is 0.394 e. The fourth-order valence-corrected chi connectivity index (χ4v) is 3.85. The first-order chi connectivity index (χ1) is 15.5. The Hall–Kier alpha value is -3.38. The van der Waals surface area contributed by atoms with E-state index in [4.69, 9.17) is 4.74 Å². The van der Waals surface area contributed by atoms with Crippen LogP contribution in [0.15, 0.2) is 58.3 Å². The molecule has 3 aromatic rings. The van der Waals surface area contributed by atoms with Gasteiger partial charge in [-0.2, -0.15) is 4.94 Å². The number of nitrogens with one attached hydrogen (secondary N) is 1. The van der Waals surface area contributed by atoms with E-state index in [0.717, 1.165) is 32.0 Å². The van der Waals surface area contributed by atoms with Crippen LogP contribution in [0, 0.1) is 0 Å². The second-order valence-corrected chi connectivity index (χ2v) is 7.34. The number of halogens is 1. The normalized spacial score (nSPS) is 22.8. The number of anilines is 1. The summed E-state index contributed by atoms with van der Waals surface area (Å²) < 4.78 is 19.2. The summed E-state index contributed by atoms with van der Waals surface area (Å²) in [6.45, 7) is -0.632. The molecule has 1 saturated heterocycles. The van der Waals surface area contributed by atoms with Gasteiger partial charge in [0.05, 0.1) is 13.2 Å². The molecule has 0 saturated carbocycles. The number of fused-ring (bicyclic) bond motifs is 1. The maximum absolute atomic E-state index is 13.1. The number of hydrogen-bond acceptors (Lipinski definition) is 7. The van der Waals surface area contributed by atoms with E-state index in [1.54, 1.807) is 6.07 Å². The first-order valence-corrected chi connectivity index (χ1v) is 9.74. The van der Waals surface area contributed by atoms with Crippen molar-refractivity contribution in [1.29, 1.82) is 0 Å². The Balaban J connectivity index is 1.74. The molecule has 1 aliphatic heterocycles. The van der Waals surface area contributed by atoms with Gasteiger partial charge >= 0.3 is 5.69 Å². The molecule has 0 unspecified atom stereocenters. The van der Waals surface area contributed by atoms with Crippen molar-refractivity contribution in [1.82, 2.24) is 9.55 Å². The molecule has 11 heteroatoms. The first-order valence-electron chi connectivity index (χ1n) is 9.74. The number of H-pyrrole nitrogens is 1. The van der Waals surface area contributed by atoms with E-state index in [0.29, 0.717) is 6.41 Å². The summed E-state index contributed by atoms with van der Waals surface area (Å²) >= 11 is 0. The van der Waals surface area contributed by atoms with E-state index in [1.165, 1.54) is 0 Å². The molecule has 10 nitrogen and oxygen atoms in total. The Morgan fingerprint density at radius 2 is 1.97 bits per heavy atom. The average Bonchev–Trinajstić information content (AvgIpc) is 3.13. The summed E-state index contributed by atoms with van der Waals surface area (Å²) in [5, 5.41) is 21.2. The fourth-order valence-electron chi connectivity index (χ4n) is 3.85. The van der Waals surface area contributed by atoms with Gasteiger partial charge in [0, 0.05) is 6.20 Å². The van der Waals surface area contributed by atoms with Gasteiger partial charge in [0.25, 0.3) is 5.56 Å². The van der Waals surface area contributed by atoms with Crippen LogP contribution in [0.1, 0.15) is 11.8 Å². The van der Waals surface area contributed by atoms with Gasteiger partial charge in [-0.25, -0.2) is 4.79 Å². The summed E-state index contributed by atoms with van der Waals surface area (Å²) in [7, 11) is 0. The molecule has 0 bridgehead atoms. The predicted octanol–water partition coefficient (Wildman–Crippen LogP) is 0.373. The van der Waals surface area contributed by atoms with Gasteiger partial charge in [0.2, 0.25) is 6.41 Å². The maximum atomic E-state index is 13.1. The lowest BCUT2D eigenvalue weighted by Crippen LogP contribution is -2.40. The van der Waals surface area contributed by atoms with Crippen molar-refractivity contribution in [2.45, 2.75) is 31.1 Å².